The number of ether oxygens (including phenoxy) is 1. The topological polar surface area (TPSA) is 43.4 Å². The highest BCUT2D eigenvalue weighted by Gasteiger charge is 2.18. The molecule has 0 aliphatic carbocycles. The summed E-state index contributed by atoms with van der Waals surface area (Å²) in [5.41, 5.74) is 0. The van der Waals surface area contributed by atoms with Crippen molar-refractivity contribution in [3.63, 3.8) is 0 Å². The fraction of sp³-hybridized carbons (Fsp3) is 1.00. The van der Waals surface area contributed by atoms with Gasteiger partial charge in [0.2, 0.25) is 0 Å². The second kappa shape index (κ2) is 3.12. The molecule has 0 heterocycles. The van der Waals surface area contributed by atoms with E-state index in [0.29, 0.717) is 0 Å². The largest absolute Gasteiger partial charge is 0.383 e. The maximum Gasteiger partial charge on any atom is 0.307 e. The standard InChI is InChI=1S/C4H9FO3S/c1-4(3-8-2)9(5,6)7/h4H,3H2,1-2H3. The highest BCUT2D eigenvalue weighted by atomic mass is 32.3. The van der Waals surface area contributed by atoms with Gasteiger partial charge in [-0.15, -0.1) is 3.89 Å². The molecule has 0 fully saturated rings. The lowest BCUT2D eigenvalue weighted by Crippen LogP contribution is -2.18. The predicted octanol–water partition coefficient (Wildman–Crippen LogP) is 0.321. The second-order valence-corrected chi connectivity index (χ2v) is 3.50. The van der Waals surface area contributed by atoms with Crippen LogP contribution in [0.1, 0.15) is 6.92 Å². The summed E-state index contributed by atoms with van der Waals surface area (Å²) in [5.74, 6) is 0. The Labute approximate surface area is 54.0 Å². The average Bonchev–Trinajstić information content (AvgIpc) is 1.64. The number of hydrogen-bond donors (Lipinski definition) is 0. The van der Waals surface area contributed by atoms with Gasteiger partial charge in [0.1, 0.15) is 5.25 Å². The van der Waals surface area contributed by atoms with Gasteiger partial charge in [-0.1, -0.05) is 0 Å². The molecule has 0 aromatic rings. The zero-order valence-electron chi connectivity index (χ0n) is 5.30. The Morgan fingerprint density at radius 3 is 2.22 bits per heavy atom. The molecule has 0 aromatic heterocycles. The molecule has 3 nitrogen and oxygen atoms in total. The third-order valence-electron chi connectivity index (χ3n) is 0.882. The summed E-state index contributed by atoms with van der Waals surface area (Å²) in [6.45, 7) is 1.15. The first-order valence-electron chi connectivity index (χ1n) is 2.41. The Balaban J connectivity index is 3.90. The van der Waals surface area contributed by atoms with Crippen LogP contribution in [0.25, 0.3) is 0 Å². The van der Waals surface area contributed by atoms with Crippen LogP contribution in [-0.2, 0) is 15.0 Å². The maximum absolute atomic E-state index is 11.9. The minimum absolute atomic E-state index is 0.0984. The van der Waals surface area contributed by atoms with Gasteiger partial charge in [0, 0.05) is 7.11 Å². The summed E-state index contributed by atoms with van der Waals surface area (Å²) in [4.78, 5) is 0. The molecule has 5 heteroatoms. The smallest absolute Gasteiger partial charge is 0.307 e. The molecule has 0 radical (unpaired) electrons. The molecular weight excluding hydrogens is 147 g/mol. The van der Waals surface area contributed by atoms with Gasteiger partial charge in [0.15, 0.2) is 0 Å². The van der Waals surface area contributed by atoms with Crippen LogP contribution in [0.5, 0.6) is 0 Å². The number of rotatable bonds is 3. The maximum atomic E-state index is 11.9. The molecule has 0 saturated carbocycles. The summed E-state index contributed by atoms with van der Waals surface area (Å²) in [6.07, 6.45) is 0. The lowest BCUT2D eigenvalue weighted by Gasteiger charge is -2.02. The first kappa shape index (κ1) is 8.84. The van der Waals surface area contributed by atoms with E-state index in [2.05, 4.69) is 4.74 Å². The number of halogens is 1. The molecule has 0 amide bonds. The highest BCUT2D eigenvalue weighted by Crippen LogP contribution is 2.01. The van der Waals surface area contributed by atoms with E-state index in [1.54, 1.807) is 0 Å². The van der Waals surface area contributed by atoms with Crippen LogP contribution in [0.15, 0.2) is 0 Å². The molecule has 0 bridgehead atoms. The van der Waals surface area contributed by atoms with Crippen LogP contribution in [-0.4, -0.2) is 27.4 Å². The Kier molecular flexibility index (Phi) is 3.07. The Hall–Kier alpha value is -0.160. The van der Waals surface area contributed by atoms with Crippen molar-refractivity contribution in [1.29, 1.82) is 0 Å². The van der Waals surface area contributed by atoms with Crippen molar-refractivity contribution in [1.82, 2.24) is 0 Å². The SMILES string of the molecule is COCC(C)S(=O)(=O)F. The van der Waals surface area contributed by atoms with Crippen molar-refractivity contribution < 1.29 is 17.0 Å². The first-order chi connectivity index (χ1) is 3.98. The van der Waals surface area contributed by atoms with Crippen LogP contribution in [0.2, 0.25) is 0 Å². The first-order valence-corrected chi connectivity index (χ1v) is 3.85. The zero-order valence-corrected chi connectivity index (χ0v) is 6.11. The molecule has 1 unspecified atom stereocenters. The van der Waals surface area contributed by atoms with E-state index in [9.17, 15) is 12.3 Å². The lowest BCUT2D eigenvalue weighted by atomic mass is 10.5. The average molecular weight is 156 g/mol. The minimum atomic E-state index is -4.39. The van der Waals surface area contributed by atoms with Crippen molar-refractivity contribution in [2.45, 2.75) is 12.2 Å². The van der Waals surface area contributed by atoms with Crippen molar-refractivity contribution in [2.24, 2.45) is 0 Å². The summed E-state index contributed by atoms with van der Waals surface area (Å²) in [6, 6.07) is 0. The fourth-order valence-electron chi connectivity index (χ4n) is 0.316. The van der Waals surface area contributed by atoms with Crippen LogP contribution >= 0.6 is 0 Å². The lowest BCUT2D eigenvalue weighted by molar-refractivity contribution is 0.199. The Bertz CT molecular complexity index is 163. The molecule has 0 aliphatic rings. The molecule has 9 heavy (non-hydrogen) atoms. The Morgan fingerprint density at radius 2 is 2.11 bits per heavy atom. The van der Waals surface area contributed by atoms with E-state index in [-0.39, 0.29) is 6.61 Å². The molecule has 0 N–H and O–H groups in total. The summed E-state index contributed by atoms with van der Waals surface area (Å²) >= 11 is 0. The van der Waals surface area contributed by atoms with Crippen LogP contribution in [0.4, 0.5) is 3.89 Å². The molecular formula is C4H9FO3S. The molecule has 0 aromatic carbocycles. The van der Waals surface area contributed by atoms with Crippen molar-refractivity contribution >= 4 is 10.2 Å². The van der Waals surface area contributed by atoms with Gasteiger partial charge < -0.3 is 4.74 Å². The van der Waals surface area contributed by atoms with Gasteiger partial charge in [-0.3, -0.25) is 0 Å². The zero-order chi connectivity index (χ0) is 7.49. The van der Waals surface area contributed by atoms with Gasteiger partial charge in [0.05, 0.1) is 6.61 Å². The van der Waals surface area contributed by atoms with Gasteiger partial charge in [-0.2, -0.15) is 8.42 Å². The van der Waals surface area contributed by atoms with E-state index >= 15 is 0 Å². The second-order valence-electron chi connectivity index (χ2n) is 1.74. The van der Waals surface area contributed by atoms with E-state index in [0.717, 1.165) is 0 Å². The number of hydrogen-bond acceptors (Lipinski definition) is 3. The van der Waals surface area contributed by atoms with Crippen molar-refractivity contribution in [3.8, 4) is 0 Å². The quantitative estimate of drug-likeness (QED) is 0.553. The summed E-state index contributed by atoms with van der Waals surface area (Å²) in [5, 5.41) is -1.05. The van der Waals surface area contributed by atoms with Gasteiger partial charge in [-0.25, -0.2) is 0 Å². The monoisotopic (exact) mass is 156 g/mol. The van der Waals surface area contributed by atoms with Gasteiger partial charge >= 0.3 is 10.2 Å². The van der Waals surface area contributed by atoms with E-state index in [4.69, 9.17) is 0 Å². The molecule has 0 rings (SSSR count). The van der Waals surface area contributed by atoms with Crippen molar-refractivity contribution in [2.75, 3.05) is 13.7 Å². The minimum Gasteiger partial charge on any atom is -0.383 e. The molecule has 0 aliphatic heterocycles. The molecule has 1 atom stereocenters. The van der Waals surface area contributed by atoms with Crippen LogP contribution in [0, 0.1) is 0 Å². The molecule has 56 valence electrons. The normalized spacial score (nSPS) is 15.4. The fourth-order valence-corrected chi connectivity index (χ4v) is 0.615. The third kappa shape index (κ3) is 3.42. The number of methoxy groups -OCH3 is 1. The third-order valence-corrected chi connectivity index (χ3v) is 1.98. The van der Waals surface area contributed by atoms with Crippen molar-refractivity contribution in [3.05, 3.63) is 0 Å². The Morgan fingerprint density at radius 1 is 1.67 bits per heavy atom. The highest BCUT2D eigenvalue weighted by molar-refractivity contribution is 7.87. The summed E-state index contributed by atoms with van der Waals surface area (Å²) < 4.78 is 36.2. The molecule has 0 spiro atoms. The van der Waals surface area contributed by atoms with E-state index < -0.39 is 15.5 Å². The van der Waals surface area contributed by atoms with Gasteiger partial charge in [-0.05, 0) is 6.92 Å². The van der Waals surface area contributed by atoms with E-state index in [1.807, 2.05) is 0 Å². The van der Waals surface area contributed by atoms with E-state index in [1.165, 1.54) is 14.0 Å². The van der Waals surface area contributed by atoms with Crippen LogP contribution < -0.4 is 0 Å². The summed E-state index contributed by atoms with van der Waals surface area (Å²) in [7, 11) is -3.07. The molecule has 0 saturated heterocycles. The van der Waals surface area contributed by atoms with Crippen LogP contribution in [0.3, 0.4) is 0 Å². The van der Waals surface area contributed by atoms with Gasteiger partial charge in [0.25, 0.3) is 0 Å². The predicted molar refractivity (Wildman–Crippen MR) is 31.4 cm³/mol.